The van der Waals surface area contributed by atoms with E-state index in [1.165, 1.54) is 33.4 Å². The fraction of sp³-hybridized carbons (Fsp3) is 0.400. The molecule has 1 heterocycles. The third-order valence-electron chi connectivity index (χ3n) is 5.19. The van der Waals surface area contributed by atoms with Gasteiger partial charge in [-0.2, -0.15) is 0 Å². The van der Waals surface area contributed by atoms with E-state index in [2.05, 4.69) is 77.4 Å². The third kappa shape index (κ3) is 4.72. The summed E-state index contributed by atoms with van der Waals surface area (Å²) >= 11 is 0. The zero-order valence-electron chi connectivity index (χ0n) is 17.4. The molecule has 0 amide bonds. The van der Waals surface area contributed by atoms with Crippen molar-refractivity contribution in [1.29, 1.82) is 0 Å². The molecule has 0 radical (unpaired) electrons. The van der Waals surface area contributed by atoms with Gasteiger partial charge in [-0.15, -0.1) is 0 Å². The molecule has 1 aliphatic heterocycles. The first-order valence-corrected chi connectivity index (χ1v) is 9.81. The van der Waals surface area contributed by atoms with E-state index in [0.29, 0.717) is 5.92 Å². The minimum Gasteiger partial charge on any atom is -0.355 e. The zero-order chi connectivity index (χ0) is 19.3. The van der Waals surface area contributed by atoms with E-state index >= 15 is 0 Å². The molecule has 1 aliphatic rings. The lowest BCUT2D eigenvalue weighted by molar-refractivity contribution is -0.253. The Kier molecular flexibility index (Phi) is 6.97. The number of hydrogen-bond acceptors (Lipinski definition) is 0. The van der Waals surface area contributed by atoms with Crippen molar-refractivity contribution in [1.82, 2.24) is 0 Å². The highest BCUT2D eigenvalue weighted by Gasteiger charge is 2.30. The topological polar surface area (TPSA) is 11.3 Å². The van der Waals surface area contributed by atoms with E-state index in [0.717, 1.165) is 24.7 Å². The first-order chi connectivity index (χ1) is 12.4. The monoisotopic (exact) mass is 349 g/mol. The number of rotatable bonds is 2. The molecule has 0 spiro atoms. The first kappa shape index (κ1) is 20.2. The van der Waals surface area contributed by atoms with Crippen LogP contribution in [-0.2, 0) is 0 Å². The maximum Gasteiger partial charge on any atom is 0.362 e. The van der Waals surface area contributed by atoms with Crippen LogP contribution in [0.3, 0.4) is 0 Å². The summed E-state index contributed by atoms with van der Waals surface area (Å²) in [6, 6.07) is 13.4. The van der Waals surface area contributed by atoms with Crippen molar-refractivity contribution in [2.75, 3.05) is 0 Å². The number of ketones is 1. The Morgan fingerprint density at radius 2 is 1.50 bits per heavy atom. The summed E-state index contributed by atoms with van der Waals surface area (Å²) in [6.07, 6.45) is 5.52. The van der Waals surface area contributed by atoms with Gasteiger partial charge < -0.3 is 4.42 Å². The van der Waals surface area contributed by atoms with Crippen molar-refractivity contribution < 1.29 is 4.42 Å². The van der Waals surface area contributed by atoms with Crippen LogP contribution in [0.5, 0.6) is 0 Å². The van der Waals surface area contributed by atoms with Gasteiger partial charge in [0.05, 0.1) is 12.3 Å². The highest BCUT2D eigenvalue weighted by molar-refractivity contribution is 6.03. The number of aryl methyl sites for hydroxylation is 4. The second-order valence-electron chi connectivity index (χ2n) is 7.12. The van der Waals surface area contributed by atoms with Crippen LogP contribution in [0.2, 0.25) is 0 Å². The van der Waals surface area contributed by atoms with Crippen LogP contribution in [0.15, 0.2) is 36.4 Å². The van der Waals surface area contributed by atoms with Crippen molar-refractivity contribution in [3.8, 4) is 0 Å². The normalized spacial score (nSPS) is 16.8. The molecule has 26 heavy (non-hydrogen) atoms. The van der Waals surface area contributed by atoms with Crippen molar-refractivity contribution >= 4 is 5.78 Å². The lowest BCUT2D eigenvalue weighted by Crippen LogP contribution is -2.09. The van der Waals surface area contributed by atoms with Crippen LogP contribution in [-0.4, -0.2) is 5.78 Å². The van der Waals surface area contributed by atoms with Crippen molar-refractivity contribution in [2.45, 2.75) is 67.2 Å². The summed E-state index contributed by atoms with van der Waals surface area (Å²) in [5.74, 6) is 1.40. The SMILES string of the molecule is CC.Cc1ccc(C2=[O+][C-](C)CCC(c3ccc(C)c(C)c3)[CH+]2)cc1C. The predicted octanol–water partition coefficient (Wildman–Crippen LogP) is 7.00. The van der Waals surface area contributed by atoms with E-state index in [9.17, 15) is 0 Å². The van der Waals surface area contributed by atoms with Gasteiger partial charge in [-0.3, -0.25) is 0 Å². The fourth-order valence-electron chi connectivity index (χ4n) is 3.21. The molecule has 0 aromatic heterocycles. The van der Waals surface area contributed by atoms with Gasteiger partial charge in [0, 0.05) is 12.1 Å². The van der Waals surface area contributed by atoms with Gasteiger partial charge >= 0.3 is 5.78 Å². The van der Waals surface area contributed by atoms with Crippen molar-refractivity contribution in [3.63, 3.8) is 0 Å². The van der Waals surface area contributed by atoms with E-state index in [-0.39, 0.29) is 0 Å². The van der Waals surface area contributed by atoms with Crippen LogP contribution in [0, 0.1) is 40.2 Å². The summed E-state index contributed by atoms with van der Waals surface area (Å²) in [7, 11) is 0. The second-order valence-corrected chi connectivity index (χ2v) is 7.12. The van der Waals surface area contributed by atoms with Gasteiger partial charge in [-0.25, -0.2) is 0 Å². The highest BCUT2D eigenvalue weighted by Crippen LogP contribution is 2.33. The quantitative estimate of drug-likeness (QED) is 0.408. The molecular weight excluding hydrogens is 316 g/mol. The Hall–Kier alpha value is -2.15. The average molecular weight is 350 g/mol. The molecule has 0 saturated heterocycles. The van der Waals surface area contributed by atoms with Crippen LogP contribution >= 0.6 is 0 Å². The van der Waals surface area contributed by atoms with Crippen LogP contribution in [0.4, 0.5) is 0 Å². The molecule has 0 bridgehead atoms. The Morgan fingerprint density at radius 1 is 0.885 bits per heavy atom. The molecule has 1 nitrogen and oxygen atoms in total. The van der Waals surface area contributed by atoms with E-state index in [1.54, 1.807) is 0 Å². The Balaban J connectivity index is 0.00000117. The van der Waals surface area contributed by atoms with E-state index in [1.807, 2.05) is 13.8 Å². The lowest BCUT2D eigenvalue weighted by atomic mass is 9.86. The summed E-state index contributed by atoms with van der Waals surface area (Å²) in [5.41, 5.74) is 7.90. The molecule has 0 N–H and O–H groups in total. The van der Waals surface area contributed by atoms with Gasteiger partial charge in [-0.05, 0) is 81.3 Å². The number of hydrogen-bond donors (Lipinski definition) is 0. The maximum atomic E-state index is 6.18. The number of benzene rings is 2. The molecule has 1 unspecified atom stereocenters. The Labute approximate surface area is 160 Å². The minimum atomic E-state index is 0.401. The summed E-state index contributed by atoms with van der Waals surface area (Å²) < 4.78 is 6.18. The predicted molar refractivity (Wildman–Crippen MR) is 113 cm³/mol. The van der Waals surface area contributed by atoms with Crippen molar-refractivity contribution in [3.05, 3.63) is 82.3 Å². The van der Waals surface area contributed by atoms with Crippen LogP contribution < -0.4 is 0 Å². The largest absolute Gasteiger partial charge is 0.362 e. The smallest absolute Gasteiger partial charge is 0.355 e. The molecule has 2 aromatic carbocycles. The summed E-state index contributed by atoms with van der Waals surface area (Å²) in [5, 5.41) is 0. The van der Waals surface area contributed by atoms with Gasteiger partial charge in [0.15, 0.2) is 6.10 Å². The molecule has 2 aromatic rings. The molecule has 0 saturated carbocycles. The van der Waals surface area contributed by atoms with E-state index < -0.39 is 0 Å². The van der Waals surface area contributed by atoms with Crippen molar-refractivity contribution in [2.24, 2.45) is 0 Å². The molecular formula is C25H33O+. The molecule has 3 rings (SSSR count). The molecule has 1 heteroatoms. The maximum absolute atomic E-state index is 6.18. The van der Waals surface area contributed by atoms with Crippen LogP contribution in [0.1, 0.15) is 77.3 Å². The van der Waals surface area contributed by atoms with Gasteiger partial charge in [0.25, 0.3) is 0 Å². The summed E-state index contributed by atoms with van der Waals surface area (Å²) in [6.45, 7) is 14.8. The lowest BCUT2D eigenvalue weighted by Gasteiger charge is -2.12. The van der Waals surface area contributed by atoms with Crippen LogP contribution in [0.25, 0.3) is 0 Å². The Bertz CT molecular complexity index is 770. The van der Waals surface area contributed by atoms with E-state index in [4.69, 9.17) is 4.42 Å². The molecule has 138 valence electrons. The minimum absolute atomic E-state index is 0.401. The Morgan fingerprint density at radius 3 is 2.12 bits per heavy atom. The second kappa shape index (κ2) is 8.98. The first-order valence-electron chi connectivity index (χ1n) is 9.81. The van der Waals surface area contributed by atoms with Gasteiger partial charge in [0.1, 0.15) is 5.56 Å². The summed E-state index contributed by atoms with van der Waals surface area (Å²) in [4.78, 5) is 0. The molecule has 0 fully saturated rings. The van der Waals surface area contributed by atoms with Gasteiger partial charge in [-0.1, -0.05) is 32.0 Å². The zero-order valence-corrected chi connectivity index (χ0v) is 17.4. The molecule has 0 aliphatic carbocycles. The molecule has 1 atom stereocenters. The average Bonchev–Trinajstić information content (AvgIpc) is 2.83. The fourth-order valence-corrected chi connectivity index (χ4v) is 3.21. The standard InChI is InChI=1S/C23H27O.C2H6/c1-15-6-9-20(12-17(15)3)21-11-8-19(5)24-23(14-21)22-10-7-16(2)18(4)13-22;1-2/h6-7,9-10,12-14,21H,8,11H2,1-5H3;1-2H3/q+1;. The third-order valence-corrected chi connectivity index (χ3v) is 5.19. The number of carbonyl (C=O) groups excluding carboxylic acids is 1. The van der Waals surface area contributed by atoms with Gasteiger partial charge in [0.2, 0.25) is 0 Å². The highest BCUT2D eigenvalue weighted by atomic mass is 16.4.